The van der Waals surface area contributed by atoms with E-state index in [-0.39, 0.29) is 22.3 Å². The van der Waals surface area contributed by atoms with Crippen molar-refractivity contribution in [3.63, 3.8) is 0 Å². The Morgan fingerprint density at radius 2 is 2.05 bits per heavy atom. The lowest BCUT2D eigenvalue weighted by Crippen LogP contribution is -2.55. The Bertz CT molecular complexity index is 1550. The van der Waals surface area contributed by atoms with E-state index < -0.39 is 5.41 Å². The predicted molar refractivity (Wildman–Crippen MR) is 147 cm³/mol. The third kappa shape index (κ3) is 4.42. The number of hydrogen-bond acceptors (Lipinski definition) is 8. The molecular formula is C29H29N8O3+. The van der Waals surface area contributed by atoms with Crippen LogP contribution in [0.4, 0.5) is 5.82 Å². The molecule has 2 aromatic rings. The van der Waals surface area contributed by atoms with Crippen LogP contribution in [0, 0.1) is 22.7 Å². The van der Waals surface area contributed by atoms with Crippen molar-refractivity contribution in [2.75, 3.05) is 31.6 Å². The number of amidine groups is 1. The summed E-state index contributed by atoms with van der Waals surface area (Å²) in [6.45, 7) is 4.17. The minimum absolute atomic E-state index is 0.0236. The van der Waals surface area contributed by atoms with Crippen LogP contribution in [0.1, 0.15) is 41.3 Å². The van der Waals surface area contributed by atoms with Gasteiger partial charge in [0, 0.05) is 30.8 Å². The monoisotopic (exact) mass is 537 g/mol. The number of ether oxygens (including phenoxy) is 1. The van der Waals surface area contributed by atoms with Crippen molar-refractivity contribution >= 4 is 29.7 Å². The van der Waals surface area contributed by atoms with Crippen LogP contribution in [0.5, 0.6) is 0 Å². The fourth-order valence-electron chi connectivity index (χ4n) is 5.53. The number of aliphatic imine (C=N–C) groups is 2. The summed E-state index contributed by atoms with van der Waals surface area (Å²) in [5.41, 5.74) is 2.76. The van der Waals surface area contributed by atoms with Crippen molar-refractivity contribution in [2.45, 2.75) is 19.8 Å². The normalized spacial score (nSPS) is 24.6. The number of carbonyl (C=O) groups excluding carboxylic acids is 2. The highest BCUT2D eigenvalue weighted by Gasteiger charge is 2.48. The fraction of sp³-hybridized carbons (Fsp3) is 0.310. The number of amides is 2. The number of carbonyl (C=O) groups is 2. The van der Waals surface area contributed by atoms with Gasteiger partial charge in [0.25, 0.3) is 11.7 Å². The molecule has 1 aromatic heterocycles. The van der Waals surface area contributed by atoms with Crippen molar-refractivity contribution in [3.05, 3.63) is 83.1 Å². The van der Waals surface area contributed by atoms with E-state index in [2.05, 4.69) is 15.3 Å². The molecule has 2 unspecified atom stereocenters. The summed E-state index contributed by atoms with van der Waals surface area (Å²) < 4.78 is 5.19. The van der Waals surface area contributed by atoms with E-state index in [0.717, 1.165) is 36.3 Å². The van der Waals surface area contributed by atoms with Crippen LogP contribution in [0.3, 0.4) is 0 Å². The molecular weight excluding hydrogens is 508 g/mol. The zero-order chi connectivity index (χ0) is 27.9. The number of nitriles is 1. The molecule has 0 radical (unpaired) electrons. The van der Waals surface area contributed by atoms with Crippen molar-refractivity contribution in [1.82, 2.24) is 9.88 Å². The molecule has 11 nitrogen and oxygen atoms in total. The predicted octanol–water partition coefficient (Wildman–Crippen LogP) is 2.70. The van der Waals surface area contributed by atoms with E-state index in [9.17, 15) is 9.59 Å². The van der Waals surface area contributed by atoms with E-state index in [4.69, 9.17) is 20.8 Å². The molecule has 4 aliphatic heterocycles. The minimum Gasteiger partial charge on any atom is -0.379 e. The van der Waals surface area contributed by atoms with Gasteiger partial charge in [0.05, 0.1) is 48.2 Å². The van der Waals surface area contributed by atoms with Gasteiger partial charge >= 0.3 is 0 Å². The number of nitrogens with one attached hydrogen (secondary N) is 1. The summed E-state index contributed by atoms with van der Waals surface area (Å²) in [5.74, 6) is 7.64. The lowest BCUT2D eigenvalue weighted by molar-refractivity contribution is -0.750. The highest BCUT2D eigenvalue weighted by molar-refractivity contribution is 6.05. The zero-order valence-corrected chi connectivity index (χ0v) is 22.1. The maximum atomic E-state index is 13.2. The highest BCUT2D eigenvalue weighted by Crippen LogP contribution is 2.39. The third-order valence-corrected chi connectivity index (χ3v) is 7.81. The molecule has 2 amide bonds. The summed E-state index contributed by atoms with van der Waals surface area (Å²) in [4.78, 5) is 41.4. The van der Waals surface area contributed by atoms with E-state index >= 15 is 0 Å². The van der Waals surface area contributed by atoms with Gasteiger partial charge in [-0.25, -0.2) is 4.98 Å². The number of nitrogens with two attached hydrogens (primary N) is 1. The van der Waals surface area contributed by atoms with Gasteiger partial charge in [-0.1, -0.05) is 0 Å². The van der Waals surface area contributed by atoms with Crippen LogP contribution in [0.25, 0.3) is 0 Å². The number of fused-ring (bicyclic) bond motifs is 1. The average Bonchev–Trinajstić information content (AvgIpc) is 3.28. The number of aromatic nitrogens is 1. The van der Waals surface area contributed by atoms with Crippen LogP contribution in [-0.4, -0.2) is 64.6 Å². The number of anilines is 1. The second-order valence-corrected chi connectivity index (χ2v) is 10.8. The molecule has 0 spiro atoms. The molecule has 4 aliphatic rings. The Morgan fingerprint density at radius 1 is 1.25 bits per heavy atom. The first kappa shape index (κ1) is 25.8. The van der Waals surface area contributed by atoms with Crippen LogP contribution in [0.15, 0.2) is 76.4 Å². The van der Waals surface area contributed by atoms with Gasteiger partial charge in [0.1, 0.15) is 17.7 Å². The first-order chi connectivity index (χ1) is 19.3. The smallest absolute Gasteiger partial charge is 0.264 e. The molecule has 0 aliphatic carbocycles. The van der Waals surface area contributed by atoms with Crippen molar-refractivity contribution < 1.29 is 18.9 Å². The number of likely N-dealkylation sites (tertiary alicyclic amines) is 1. The number of piperidine rings is 1. The number of quaternary nitrogens is 1. The van der Waals surface area contributed by atoms with E-state index in [1.807, 2.05) is 30.0 Å². The van der Waals surface area contributed by atoms with Gasteiger partial charge in [0.15, 0.2) is 0 Å². The van der Waals surface area contributed by atoms with Crippen LogP contribution in [-0.2, 0) is 9.53 Å². The molecule has 2 saturated heterocycles. The van der Waals surface area contributed by atoms with Gasteiger partial charge in [-0.2, -0.15) is 16.1 Å². The van der Waals surface area contributed by atoms with E-state index in [1.165, 1.54) is 12.3 Å². The Kier molecular flexibility index (Phi) is 6.38. The molecule has 0 bridgehead atoms. The third-order valence-electron chi connectivity index (χ3n) is 7.81. The number of nitrogens with zero attached hydrogens (tertiary/aromatic N) is 6. The molecule has 5 heterocycles. The first-order valence-electron chi connectivity index (χ1n) is 13.2. The van der Waals surface area contributed by atoms with Crippen LogP contribution < -0.4 is 11.2 Å². The van der Waals surface area contributed by atoms with E-state index in [1.54, 1.807) is 36.8 Å². The first-order valence-corrected chi connectivity index (χ1v) is 13.2. The second kappa shape index (κ2) is 9.91. The molecule has 2 atom stereocenters. The number of benzene rings is 1. The second-order valence-electron chi connectivity index (χ2n) is 10.8. The fourth-order valence-corrected chi connectivity index (χ4v) is 5.53. The summed E-state index contributed by atoms with van der Waals surface area (Å²) >= 11 is 0. The Balaban J connectivity index is 1.24. The Morgan fingerprint density at radius 3 is 2.77 bits per heavy atom. The van der Waals surface area contributed by atoms with Crippen LogP contribution >= 0.6 is 0 Å². The summed E-state index contributed by atoms with van der Waals surface area (Å²) in [5, 5.41) is 11.8. The lowest BCUT2D eigenvalue weighted by Gasteiger charge is -2.42. The number of allylic oxidation sites excluding steroid dienone is 1. The van der Waals surface area contributed by atoms with Crippen molar-refractivity contribution in [2.24, 2.45) is 27.2 Å². The maximum absolute atomic E-state index is 13.2. The summed E-state index contributed by atoms with van der Waals surface area (Å²) in [6.07, 6.45) is 8.43. The quantitative estimate of drug-likeness (QED) is 0.443. The Labute approximate surface area is 231 Å². The largest absolute Gasteiger partial charge is 0.379 e. The number of hydrogen-bond donors (Lipinski definition) is 2. The SMILES string of the molecule is CC1(C(=O)N2CCCC(C3=C4C=NC=C[N+]4(N)C(c4ccc(C(=O)Nc5cc(C#N)ccn5)cc4)=N3)C2)COC1. The topological polar surface area (TPSA) is 146 Å². The van der Waals surface area contributed by atoms with Gasteiger partial charge < -0.3 is 15.0 Å². The molecule has 0 saturated carbocycles. The molecule has 1 aromatic carbocycles. The van der Waals surface area contributed by atoms with Gasteiger partial charge in [-0.15, -0.1) is 4.59 Å². The van der Waals surface area contributed by atoms with Crippen LogP contribution in [0.2, 0.25) is 0 Å². The van der Waals surface area contributed by atoms with Crippen molar-refractivity contribution in [1.29, 1.82) is 5.26 Å². The molecule has 6 rings (SSSR count). The van der Waals surface area contributed by atoms with Gasteiger partial charge in [-0.05, 0) is 56.2 Å². The zero-order valence-electron chi connectivity index (χ0n) is 22.1. The van der Waals surface area contributed by atoms with E-state index in [0.29, 0.717) is 42.5 Å². The highest BCUT2D eigenvalue weighted by atomic mass is 16.5. The van der Waals surface area contributed by atoms with Gasteiger partial charge in [-0.3, -0.25) is 14.6 Å². The summed E-state index contributed by atoms with van der Waals surface area (Å²) in [6, 6.07) is 12.2. The number of rotatable bonds is 5. The lowest BCUT2D eigenvalue weighted by atomic mass is 9.85. The minimum atomic E-state index is -0.449. The molecule has 11 heteroatoms. The summed E-state index contributed by atoms with van der Waals surface area (Å²) in [7, 11) is 0. The average molecular weight is 538 g/mol. The molecule has 3 N–H and O–H groups in total. The standard InChI is InChI=1S/C29H28N8O3/c1-29(17-40-18-29)28(39)36-11-2-3-22(16-36)25-23-15-32-10-12-37(23,31)26(35-25)20-4-6-21(7-5-20)27(38)34-24-13-19(14-30)8-9-33-24/h4-10,12-13,15,22H,2-3,11,16-18,31H2,1H3/p+1. The number of pyridine rings is 1. The maximum Gasteiger partial charge on any atom is 0.264 e. The molecule has 2 fully saturated rings. The Hall–Kier alpha value is -4.50. The van der Waals surface area contributed by atoms with Crippen molar-refractivity contribution in [3.8, 4) is 6.07 Å². The molecule has 40 heavy (non-hydrogen) atoms. The molecule has 202 valence electrons. The van der Waals surface area contributed by atoms with Gasteiger partial charge in [0.2, 0.25) is 11.6 Å².